The molecule has 2 heteroatoms. The minimum atomic E-state index is 0.829. The molecule has 0 saturated heterocycles. The fraction of sp³-hybridized carbons (Fsp3) is 0.0625. The Morgan fingerprint density at radius 1 is 1.06 bits per heavy atom. The molecule has 0 aliphatic heterocycles. The first-order valence-corrected chi connectivity index (χ1v) is 6.37. The van der Waals surface area contributed by atoms with Crippen molar-refractivity contribution in [1.29, 1.82) is 0 Å². The average molecular weight is 252 g/mol. The monoisotopic (exact) mass is 251 g/mol. The van der Waals surface area contributed by atoms with Gasteiger partial charge in [-0.25, -0.2) is 0 Å². The predicted octanol–water partition coefficient (Wildman–Crippen LogP) is 4.46. The third kappa shape index (κ3) is 1.25. The molecule has 0 unspecified atom stereocenters. The lowest BCUT2D eigenvalue weighted by molar-refractivity contribution is 1.26. The van der Waals surface area contributed by atoms with E-state index >= 15 is 0 Å². The van der Waals surface area contributed by atoms with E-state index in [4.69, 9.17) is 11.6 Å². The number of fused-ring (bicyclic) bond motifs is 5. The minimum Gasteiger partial charge on any atom is -0.256 e. The first kappa shape index (κ1) is 10.1. The zero-order valence-electron chi connectivity index (χ0n) is 9.65. The number of benzene rings is 2. The van der Waals surface area contributed by atoms with Crippen molar-refractivity contribution in [3.05, 3.63) is 64.8 Å². The molecule has 18 heavy (non-hydrogen) atoms. The van der Waals surface area contributed by atoms with E-state index in [1.165, 1.54) is 22.3 Å². The van der Waals surface area contributed by atoms with E-state index in [1.54, 1.807) is 0 Å². The van der Waals surface area contributed by atoms with E-state index in [9.17, 15) is 0 Å². The Balaban J connectivity index is 2.16. The summed E-state index contributed by atoms with van der Waals surface area (Å²) < 4.78 is 0. The highest BCUT2D eigenvalue weighted by molar-refractivity contribution is 6.34. The number of halogens is 1. The molecule has 3 aromatic rings. The molecule has 1 nitrogen and oxygen atoms in total. The Labute approximate surface area is 110 Å². The van der Waals surface area contributed by atoms with Crippen molar-refractivity contribution in [3.63, 3.8) is 0 Å². The molecule has 0 amide bonds. The van der Waals surface area contributed by atoms with Crippen LogP contribution in [0.15, 0.2) is 48.7 Å². The number of aromatic nitrogens is 1. The molecule has 1 heterocycles. The van der Waals surface area contributed by atoms with E-state index in [1.807, 2.05) is 18.3 Å². The number of nitrogens with zero attached hydrogens (tertiary/aromatic N) is 1. The summed E-state index contributed by atoms with van der Waals surface area (Å²) in [6.07, 6.45) is 2.78. The fourth-order valence-electron chi connectivity index (χ4n) is 2.83. The Kier molecular flexibility index (Phi) is 2.00. The van der Waals surface area contributed by atoms with Gasteiger partial charge < -0.3 is 0 Å². The molecule has 86 valence electrons. The molecule has 1 aliphatic carbocycles. The number of pyridine rings is 1. The molecule has 0 spiro atoms. The van der Waals surface area contributed by atoms with Crippen LogP contribution in [0.5, 0.6) is 0 Å². The van der Waals surface area contributed by atoms with Gasteiger partial charge >= 0.3 is 0 Å². The summed E-state index contributed by atoms with van der Waals surface area (Å²) in [6, 6.07) is 14.5. The Morgan fingerprint density at radius 3 is 2.89 bits per heavy atom. The summed E-state index contributed by atoms with van der Waals surface area (Å²) in [5.41, 5.74) is 6.10. The number of rotatable bonds is 0. The molecular formula is C16H10ClN. The van der Waals surface area contributed by atoms with Gasteiger partial charge in [0, 0.05) is 28.6 Å². The number of hydrogen-bond acceptors (Lipinski definition) is 1. The van der Waals surface area contributed by atoms with Gasteiger partial charge in [0.2, 0.25) is 0 Å². The van der Waals surface area contributed by atoms with E-state index in [0.29, 0.717) is 0 Å². The summed E-state index contributed by atoms with van der Waals surface area (Å²) in [6.45, 7) is 0. The molecule has 0 N–H and O–H groups in total. The zero-order chi connectivity index (χ0) is 12.1. The first-order chi connectivity index (χ1) is 8.84. The fourth-order valence-corrected chi connectivity index (χ4v) is 3.16. The highest BCUT2D eigenvalue weighted by Crippen LogP contribution is 2.43. The summed E-state index contributed by atoms with van der Waals surface area (Å²) in [5, 5.41) is 1.95. The average Bonchev–Trinajstić information content (AvgIpc) is 2.79. The van der Waals surface area contributed by atoms with Crippen molar-refractivity contribution in [2.24, 2.45) is 0 Å². The maximum Gasteiger partial charge on any atom is 0.0744 e. The summed E-state index contributed by atoms with van der Waals surface area (Å²) >= 11 is 6.45. The van der Waals surface area contributed by atoms with Crippen LogP contribution >= 0.6 is 11.6 Å². The van der Waals surface area contributed by atoms with Crippen LogP contribution in [0.1, 0.15) is 11.1 Å². The van der Waals surface area contributed by atoms with Crippen molar-refractivity contribution in [2.75, 3.05) is 0 Å². The lowest BCUT2D eigenvalue weighted by Gasteiger charge is -2.07. The minimum absolute atomic E-state index is 0.829. The van der Waals surface area contributed by atoms with Crippen molar-refractivity contribution >= 4 is 22.5 Å². The molecule has 0 radical (unpaired) electrons. The van der Waals surface area contributed by atoms with Gasteiger partial charge in [0.05, 0.1) is 5.52 Å². The van der Waals surface area contributed by atoms with E-state index in [2.05, 4.69) is 35.3 Å². The SMILES string of the molecule is Clc1cc2cccnc2c2c1-c1ccccc1C2. The molecule has 4 rings (SSSR count). The Bertz CT molecular complexity index is 777. The molecule has 1 aromatic heterocycles. The summed E-state index contributed by atoms with van der Waals surface area (Å²) in [7, 11) is 0. The standard InChI is InChI=1S/C16H10ClN/c17-14-9-11-5-3-7-18-16(11)13-8-10-4-1-2-6-12(10)15(13)14/h1-7,9H,8H2. The molecule has 0 fully saturated rings. The maximum absolute atomic E-state index is 6.45. The van der Waals surface area contributed by atoms with Gasteiger partial charge in [0.1, 0.15) is 0 Å². The largest absolute Gasteiger partial charge is 0.256 e. The van der Waals surface area contributed by atoms with Gasteiger partial charge in [-0.15, -0.1) is 0 Å². The van der Waals surface area contributed by atoms with Crippen LogP contribution in [0, 0.1) is 0 Å². The van der Waals surface area contributed by atoms with Crippen molar-refractivity contribution in [1.82, 2.24) is 4.98 Å². The number of hydrogen-bond donors (Lipinski definition) is 0. The zero-order valence-corrected chi connectivity index (χ0v) is 10.4. The van der Waals surface area contributed by atoms with Crippen molar-refractivity contribution in [2.45, 2.75) is 6.42 Å². The van der Waals surface area contributed by atoms with Crippen LogP contribution in [0.25, 0.3) is 22.0 Å². The third-order valence-corrected chi connectivity index (χ3v) is 3.90. The highest BCUT2D eigenvalue weighted by atomic mass is 35.5. The lowest BCUT2D eigenvalue weighted by atomic mass is 10.0. The maximum atomic E-state index is 6.45. The second kappa shape index (κ2) is 3.56. The Morgan fingerprint density at radius 2 is 1.94 bits per heavy atom. The summed E-state index contributed by atoms with van der Waals surface area (Å²) in [5.74, 6) is 0. The van der Waals surface area contributed by atoms with E-state index < -0.39 is 0 Å². The first-order valence-electron chi connectivity index (χ1n) is 5.99. The lowest BCUT2D eigenvalue weighted by Crippen LogP contribution is -1.88. The smallest absolute Gasteiger partial charge is 0.0744 e. The molecule has 2 aromatic carbocycles. The van der Waals surface area contributed by atoms with Crippen molar-refractivity contribution in [3.8, 4) is 11.1 Å². The normalized spacial score (nSPS) is 12.5. The quantitative estimate of drug-likeness (QED) is 0.450. The molecule has 1 aliphatic rings. The van der Waals surface area contributed by atoms with Crippen LogP contribution in [0.3, 0.4) is 0 Å². The topological polar surface area (TPSA) is 12.9 Å². The van der Waals surface area contributed by atoms with Crippen LogP contribution < -0.4 is 0 Å². The van der Waals surface area contributed by atoms with E-state index in [0.717, 1.165) is 22.3 Å². The molecule has 0 saturated carbocycles. The molecular weight excluding hydrogens is 242 g/mol. The van der Waals surface area contributed by atoms with Crippen molar-refractivity contribution < 1.29 is 0 Å². The van der Waals surface area contributed by atoms with Gasteiger partial charge in [-0.2, -0.15) is 0 Å². The van der Waals surface area contributed by atoms with Gasteiger partial charge in [0.25, 0.3) is 0 Å². The molecule has 0 bridgehead atoms. The van der Waals surface area contributed by atoms with Gasteiger partial charge in [-0.05, 0) is 28.8 Å². The predicted molar refractivity (Wildman–Crippen MR) is 75.0 cm³/mol. The molecule has 0 atom stereocenters. The van der Waals surface area contributed by atoms with E-state index in [-0.39, 0.29) is 0 Å². The Hall–Kier alpha value is -1.86. The third-order valence-electron chi connectivity index (χ3n) is 3.60. The van der Waals surface area contributed by atoms with Gasteiger partial charge in [-0.1, -0.05) is 41.9 Å². The highest BCUT2D eigenvalue weighted by Gasteiger charge is 2.23. The second-order valence-electron chi connectivity index (χ2n) is 4.62. The van der Waals surface area contributed by atoms with Crippen LogP contribution in [0.2, 0.25) is 5.02 Å². The van der Waals surface area contributed by atoms with Crippen LogP contribution in [-0.4, -0.2) is 4.98 Å². The van der Waals surface area contributed by atoms with Crippen LogP contribution in [0.4, 0.5) is 0 Å². The summed E-state index contributed by atoms with van der Waals surface area (Å²) in [4.78, 5) is 4.52. The second-order valence-corrected chi connectivity index (χ2v) is 5.03. The van der Waals surface area contributed by atoms with Gasteiger partial charge in [-0.3, -0.25) is 4.98 Å². The van der Waals surface area contributed by atoms with Gasteiger partial charge in [0.15, 0.2) is 0 Å². The van der Waals surface area contributed by atoms with Crippen LogP contribution in [-0.2, 0) is 6.42 Å².